The number of benzene rings is 1. The maximum Gasteiger partial charge on any atom is 0.231 e. The van der Waals surface area contributed by atoms with Crippen molar-refractivity contribution in [2.75, 3.05) is 19.0 Å². The van der Waals surface area contributed by atoms with Gasteiger partial charge >= 0.3 is 0 Å². The minimum atomic E-state index is 0.179. The monoisotopic (exact) mass is 259 g/mol. The summed E-state index contributed by atoms with van der Waals surface area (Å²) >= 11 is 0. The first-order valence-electron chi connectivity index (χ1n) is 6.92. The first kappa shape index (κ1) is 12.6. The molecule has 19 heavy (non-hydrogen) atoms. The Hall–Kier alpha value is -1.39. The number of rotatable bonds is 3. The van der Waals surface area contributed by atoms with Gasteiger partial charge in [0.05, 0.1) is 6.42 Å². The number of fused-ring (bicyclic) bond motifs is 1. The Labute approximate surface area is 114 Å². The van der Waals surface area contributed by atoms with E-state index in [0.29, 0.717) is 24.4 Å². The topological polar surface area (TPSA) is 58.4 Å². The lowest BCUT2D eigenvalue weighted by Crippen LogP contribution is -2.42. The van der Waals surface area contributed by atoms with Gasteiger partial charge in [-0.2, -0.15) is 0 Å². The normalized spacial score (nSPS) is 27.1. The molecule has 0 aromatic heterocycles. The SMILES string of the molecule is CNC(c1ccc2c(c1)CC(=O)N2C)C1CC(N)C1. The van der Waals surface area contributed by atoms with E-state index in [9.17, 15) is 4.79 Å². The van der Waals surface area contributed by atoms with Crippen molar-refractivity contribution in [1.82, 2.24) is 5.32 Å². The Balaban J connectivity index is 1.86. The van der Waals surface area contributed by atoms with Gasteiger partial charge in [-0.1, -0.05) is 12.1 Å². The van der Waals surface area contributed by atoms with Gasteiger partial charge in [-0.3, -0.25) is 4.79 Å². The van der Waals surface area contributed by atoms with E-state index < -0.39 is 0 Å². The van der Waals surface area contributed by atoms with E-state index in [4.69, 9.17) is 5.73 Å². The second-order valence-electron chi connectivity index (χ2n) is 5.78. The third-order valence-corrected chi connectivity index (χ3v) is 4.53. The zero-order valence-corrected chi connectivity index (χ0v) is 11.5. The summed E-state index contributed by atoms with van der Waals surface area (Å²) in [6, 6.07) is 7.10. The lowest BCUT2D eigenvalue weighted by Gasteiger charge is -2.38. The van der Waals surface area contributed by atoms with E-state index in [0.717, 1.165) is 24.1 Å². The summed E-state index contributed by atoms with van der Waals surface area (Å²) in [5, 5.41) is 3.40. The molecule has 1 heterocycles. The third kappa shape index (κ3) is 2.05. The standard InChI is InChI=1S/C15H21N3O/c1-17-15(11-6-12(16)7-11)9-3-4-13-10(5-9)8-14(19)18(13)2/h3-5,11-12,15,17H,6-8,16H2,1-2H3. The molecule has 2 aliphatic rings. The van der Waals surface area contributed by atoms with Crippen molar-refractivity contribution in [1.29, 1.82) is 0 Å². The molecular weight excluding hydrogens is 238 g/mol. The summed E-state index contributed by atoms with van der Waals surface area (Å²) < 4.78 is 0. The summed E-state index contributed by atoms with van der Waals surface area (Å²) in [7, 11) is 3.84. The van der Waals surface area contributed by atoms with E-state index in [1.165, 1.54) is 5.56 Å². The number of carbonyl (C=O) groups excluding carboxylic acids is 1. The van der Waals surface area contributed by atoms with Gasteiger partial charge < -0.3 is 16.0 Å². The third-order valence-electron chi connectivity index (χ3n) is 4.53. The average Bonchev–Trinajstić information content (AvgIpc) is 2.64. The molecular formula is C15H21N3O. The van der Waals surface area contributed by atoms with Gasteiger partial charge in [0.2, 0.25) is 5.91 Å². The molecule has 0 spiro atoms. The van der Waals surface area contributed by atoms with E-state index in [-0.39, 0.29) is 5.91 Å². The number of nitrogens with one attached hydrogen (secondary N) is 1. The summed E-state index contributed by atoms with van der Waals surface area (Å²) in [5.74, 6) is 0.798. The Morgan fingerprint density at radius 1 is 1.42 bits per heavy atom. The molecule has 1 unspecified atom stereocenters. The minimum absolute atomic E-state index is 0.179. The summed E-state index contributed by atoms with van der Waals surface area (Å²) in [6.07, 6.45) is 2.70. The van der Waals surface area contributed by atoms with Crippen LogP contribution in [0.1, 0.15) is 30.0 Å². The van der Waals surface area contributed by atoms with Crippen molar-refractivity contribution in [2.45, 2.75) is 31.3 Å². The van der Waals surface area contributed by atoms with Crippen molar-refractivity contribution in [3.63, 3.8) is 0 Å². The highest BCUT2D eigenvalue weighted by molar-refractivity contribution is 6.00. The molecule has 1 aliphatic carbocycles. The smallest absolute Gasteiger partial charge is 0.231 e. The first-order valence-corrected chi connectivity index (χ1v) is 6.92. The van der Waals surface area contributed by atoms with Crippen LogP contribution in [-0.4, -0.2) is 26.0 Å². The van der Waals surface area contributed by atoms with Crippen LogP contribution >= 0.6 is 0 Å². The van der Waals surface area contributed by atoms with Crippen LogP contribution in [0, 0.1) is 5.92 Å². The van der Waals surface area contributed by atoms with Crippen molar-refractivity contribution in [3.8, 4) is 0 Å². The highest BCUT2D eigenvalue weighted by atomic mass is 16.2. The van der Waals surface area contributed by atoms with Crippen LogP contribution in [0.5, 0.6) is 0 Å². The van der Waals surface area contributed by atoms with Gasteiger partial charge in [0.1, 0.15) is 0 Å². The average molecular weight is 259 g/mol. The maximum absolute atomic E-state index is 11.7. The van der Waals surface area contributed by atoms with Crippen LogP contribution in [-0.2, 0) is 11.2 Å². The minimum Gasteiger partial charge on any atom is -0.328 e. The Bertz CT molecular complexity index is 508. The van der Waals surface area contributed by atoms with Crippen molar-refractivity contribution < 1.29 is 4.79 Å². The lowest BCUT2D eigenvalue weighted by atomic mass is 9.74. The van der Waals surface area contributed by atoms with Gasteiger partial charge in [0, 0.05) is 24.8 Å². The highest BCUT2D eigenvalue weighted by Crippen LogP contribution is 2.39. The quantitative estimate of drug-likeness (QED) is 0.857. The fourth-order valence-electron chi connectivity index (χ4n) is 3.34. The second kappa shape index (κ2) is 4.62. The molecule has 1 saturated carbocycles. The van der Waals surface area contributed by atoms with Crippen LogP contribution in [0.3, 0.4) is 0 Å². The number of nitrogens with two attached hydrogens (primary N) is 1. The first-order chi connectivity index (χ1) is 9.10. The molecule has 1 aliphatic heterocycles. The molecule has 3 rings (SSSR count). The molecule has 4 nitrogen and oxygen atoms in total. The zero-order chi connectivity index (χ0) is 13.6. The molecule has 0 radical (unpaired) electrons. The molecule has 0 saturated heterocycles. The van der Waals surface area contributed by atoms with Gasteiger partial charge in [0.25, 0.3) is 0 Å². The molecule has 1 aromatic carbocycles. The number of carbonyl (C=O) groups is 1. The number of hydrogen-bond acceptors (Lipinski definition) is 3. The van der Waals surface area contributed by atoms with E-state index in [1.807, 2.05) is 14.1 Å². The van der Waals surface area contributed by atoms with Gasteiger partial charge in [0.15, 0.2) is 0 Å². The highest BCUT2D eigenvalue weighted by Gasteiger charge is 2.34. The predicted octanol–water partition coefficient (Wildman–Crippen LogP) is 1.20. The van der Waals surface area contributed by atoms with E-state index in [2.05, 4.69) is 23.5 Å². The van der Waals surface area contributed by atoms with Crippen molar-refractivity contribution in [3.05, 3.63) is 29.3 Å². The molecule has 102 valence electrons. The lowest BCUT2D eigenvalue weighted by molar-refractivity contribution is -0.117. The number of hydrogen-bond donors (Lipinski definition) is 2. The van der Waals surface area contributed by atoms with Crippen LogP contribution in [0.25, 0.3) is 0 Å². The second-order valence-corrected chi connectivity index (χ2v) is 5.78. The van der Waals surface area contributed by atoms with Gasteiger partial charge in [-0.15, -0.1) is 0 Å². The molecule has 1 atom stereocenters. The zero-order valence-electron chi connectivity index (χ0n) is 11.5. The number of amides is 1. The molecule has 1 aromatic rings. The molecule has 1 fully saturated rings. The molecule has 4 heteroatoms. The van der Waals surface area contributed by atoms with Crippen LogP contribution in [0.15, 0.2) is 18.2 Å². The Morgan fingerprint density at radius 2 is 2.16 bits per heavy atom. The fraction of sp³-hybridized carbons (Fsp3) is 0.533. The van der Waals surface area contributed by atoms with Crippen LogP contribution in [0.2, 0.25) is 0 Å². The Kier molecular flexibility index (Phi) is 3.07. The predicted molar refractivity (Wildman–Crippen MR) is 76.1 cm³/mol. The van der Waals surface area contributed by atoms with E-state index in [1.54, 1.807) is 4.90 Å². The van der Waals surface area contributed by atoms with Crippen molar-refractivity contribution >= 4 is 11.6 Å². The summed E-state index contributed by atoms with van der Waals surface area (Å²) in [5.41, 5.74) is 9.36. The number of anilines is 1. The maximum atomic E-state index is 11.7. The summed E-state index contributed by atoms with van der Waals surface area (Å²) in [6.45, 7) is 0. The largest absolute Gasteiger partial charge is 0.328 e. The van der Waals surface area contributed by atoms with Crippen LogP contribution in [0.4, 0.5) is 5.69 Å². The van der Waals surface area contributed by atoms with Gasteiger partial charge in [-0.05, 0) is 43.0 Å². The number of nitrogens with zero attached hydrogens (tertiary/aromatic N) is 1. The molecule has 3 N–H and O–H groups in total. The van der Waals surface area contributed by atoms with Crippen LogP contribution < -0.4 is 16.0 Å². The molecule has 0 bridgehead atoms. The molecule has 1 amide bonds. The summed E-state index contributed by atoms with van der Waals surface area (Å²) in [4.78, 5) is 13.5. The van der Waals surface area contributed by atoms with Crippen molar-refractivity contribution in [2.24, 2.45) is 11.7 Å². The Morgan fingerprint density at radius 3 is 2.79 bits per heavy atom. The van der Waals surface area contributed by atoms with Gasteiger partial charge in [-0.25, -0.2) is 0 Å². The number of likely N-dealkylation sites (N-methyl/N-ethyl adjacent to an activating group) is 1. The fourth-order valence-corrected chi connectivity index (χ4v) is 3.34. The van der Waals surface area contributed by atoms with E-state index >= 15 is 0 Å².